The highest BCUT2D eigenvalue weighted by Gasteiger charge is 2.17. The number of nitro benzene ring substituents is 1. The summed E-state index contributed by atoms with van der Waals surface area (Å²) in [6.07, 6.45) is 0. The Hall–Kier alpha value is -3.42. The fourth-order valence-corrected chi connectivity index (χ4v) is 2.80. The molecule has 0 aromatic heterocycles. The van der Waals surface area contributed by atoms with E-state index in [1.54, 1.807) is 48.5 Å². The van der Waals surface area contributed by atoms with Crippen molar-refractivity contribution in [2.24, 2.45) is 0 Å². The molecule has 2 N–H and O–H groups in total. The zero-order valence-corrected chi connectivity index (χ0v) is 16.2. The first kappa shape index (κ1) is 20.3. The van der Waals surface area contributed by atoms with E-state index in [1.807, 2.05) is 0 Å². The molecule has 0 heterocycles. The van der Waals surface area contributed by atoms with Gasteiger partial charge in [0, 0.05) is 22.2 Å². The summed E-state index contributed by atoms with van der Waals surface area (Å²) in [6, 6.07) is 16.7. The number of rotatable bonds is 5. The van der Waals surface area contributed by atoms with E-state index in [0.717, 1.165) is 6.07 Å². The SMILES string of the molecule is O=C(Nc1ccccc1NC(=O)c1ccc(Cl)c([N+](=O)[O-])c1)c1ccc(Cl)cc1. The summed E-state index contributed by atoms with van der Waals surface area (Å²) in [7, 11) is 0. The molecule has 3 rings (SSSR count). The molecule has 0 unspecified atom stereocenters. The minimum absolute atomic E-state index is 0.0555. The van der Waals surface area contributed by atoms with Crippen molar-refractivity contribution in [3.8, 4) is 0 Å². The molecule has 0 saturated carbocycles. The average Bonchev–Trinajstić information content (AvgIpc) is 2.70. The quantitative estimate of drug-likeness (QED) is 0.418. The number of benzene rings is 3. The van der Waals surface area contributed by atoms with E-state index in [-0.39, 0.29) is 22.2 Å². The van der Waals surface area contributed by atoms with Crippen molar-refractivity contribution >= 4 is 52.1 Å². The Morgan fingerprint density at radius 2 is 1.31 bits per heavy atom. The number of hydrogen-bond donors (Lipinski definition) is 2. The highest BCUT2D eigenvalue weighted by molar-refractivity contribution is 6.32. The summed E-state index contributed by atoms with van der Waals surface area (Å²) >= 11 is 11.6. The van der Waals surface area contributed by atoms with Gasteiger partial charge < -0.3 is 10.6 Å². The lowest BCUT2D eigenvalue weighted by molar-refractivity contribution is -0.384. The second-order valence-electron chi connectivity index (χ2n) is 5.88. The molecule has 29 heavy (non-hydrogen) atoms. The number of carbonyl (C=O) groups excluding carboxylic acids is 2. The standard InChI is InChI=1S/C20H13Cl2N3O4/c21-14-8-5-12(6-9-14)19(26)23-16-3-1-2-4-17(16)24-20(27)13-7-10-15(22)18(11-13)25(28)29/h1-11H,(H,23,26)(H,24,27). The van der Waals surface area contributed by atoms with Gasteiger partial charge in [0.25, 0.3) is 17.5 Å². The van der Waals surface area contributed by atoms with Crippen LogP contribution in [-0.2, 0) is 0 Å². The number of nitrogens with one attached hydrogen (secondary N) is 2. The maximum absolute atomic E-state index is 12.5. The Morgan fingerprint density at radius 3 is 1.86 bits per heavy atom. The number of halogens is 2. The molecule has 0 radical (unpaired) electrons. The molecule has 0 aliphatic carbocycles. The summed E-state index contributed by atoms with van der Waals surface area (Å²) in [6.45, 7) is 0. The lowest BCUT2D eigenvalue weighted by Crippen LogP contribution is -2.17. The molecule has 3 aromatic carbocycles. The summed E-state index contributed by atoms with van der Waals surface area (Å²) < 4.78 is 0. The van der Waals surface area contributed by atoms with Gasteiger partial charge in [-0.3, -0.25) is 19.7 Å². The van der Waals surface area contributed by atoms with Gasteiger partial charge in [0.15, 0.2) is 0 Å². The highest BCUT2D eigenvalue weighted by Crippen LogP contribution is 2.27. The fourth-order valence-electron chi connectivity index (χ4n) is 2.49. The molecule has 0 aliphatic rings. The molecule has 0 saturated heterocycles. The molecular weight excluding hydrogens is 417 g/mol. The Bertz CT molecular complexity index is 1100. The molecule has 0 spiro atoms. The van der Waals surface area contributed by atoms with Crippen molar-refractivity contribution in [1.29, 1.82) is 0 Å². The van der Waals surface area contributed by atoms with Crippen LogP contribution < -0.4 is 10.6 Å². The van der Waals surface area contributed by atoms with Crippen molar-refractivity contribution in [2.75, 3.05) is 10.6 Å². The number of amides is 2. The normalized spacial score (nSPS) is 10.3. The summed E-state index contributed by atoms with van der Waals surface area (Å²) in [5.74, 6) is -0.969. The number of nitro groups is 1. The van der Waals surface area contributed by atoms with Crippen molar-refractivity contribution in [1.82, 2.24) is 0 Å². The molecule has 0 aliphatic heterocycles. The molecule has 146 valence electrons. The largest absolute Gasteiger partial charge is 0.320 e. The first-order chi connectivity index (χ1) is 13.8. The number of hydrogen-bond acceptors (Lipinski definition) is 4. The summed E-state index contributed by atoms with van der Waals surface area (Å²) in [5, 5.41) is 16.8. The van der Waals surface area contributed by atoms with E-state index in [4.69, 9.17) is 23.2 Å². The van der Waals surface area contributed by atoms with Crippen LogP contribution in [0.5, 0.6) is 0 Å². The predicted octanol–water partition coefficient (Wildman–Crippen LogP) is 5.41. The average molecular weight is 430 g/mol. The molecule has 0 atom stereocenters. The fraction of sp³-hybridized carbons (Fsp3) is 0. The Morgan fingerprint density at radius 1 is 0.793 bits per heavy atom. The third kappa shape index (κ3) is 4.90. The van der Waals surface area contributed by atoms with Crippen LogP contribution in [0.4, 0.5) is 17.1 Å². The molecular formula is C20H13Cl2N3O4. The van der Waals surface area contributed by atoms with Gasteiger partial charge in [-0.25, -0.2) is 0 Å². The van der Waals surface area contributed by atoms with Crippen LogP contribution in [0, 0.1) is 10.1 Å². The lowest BCUT2D eigenvalue weighted by atomic mass is 10.1. The second-order valence-corrected chi connectivity index (χ2v) is 6.73. The number of para-hydroxylation sites is 2. The second kappa shape index (κ2) is 8.72. The van der Waals surface area contributed by atoms with Gasteiger partial charge in [0.05, 0.1) is 16.3 Å². The number of nitrogens with zero attached hydrogens (tertiary/aromatic N) is 1. The van der Waals surface area contributed by atoms with Crippen LogP contribution in [0.1, 0.15) is 20.7 Å². The van der Waals surface area contributed by atoms with E-state index in [9.17, 15) is 19.7 Å². The zero-order chi connectivity index (χ0) is 21.0. The van der Waals surface area contributed by atoms with E-state index < -0.39 is 10.8 Å². The van der Waals surface area contributed by atoms with Gasteiger partial charge in [0.1, 0.15) is 5.02 Å². The first-order valence-electron chi connectivity index (χ1n) is 8.26. The summed E-state index contributed by atoms with van der Waals surface area (Å²) in [4.78, 5) is 35.3. The van der Waals surface area contributed by atoms with Crippen molar-refractivity contribution < 1.29 is 14.5 Å². The van der Waals surface area contributed by atoms with E-state index in [0.29, 0.717) is 22.0 Å². The Labute approximate surface area is 175 Å². The van der Waals surface area contributed by atoms with Crippen LogP contribution in [0.3, 0.4) is 0 Å². The number of carbonyl (C=O) groups is 2. The van der Waals surface area contributed by atoms with Gasteiger partial charge in [-0.05, 0) is 48.5 Å². The van der Waals surface area contributed by atoms with Crippen LogP contribution >= 0.6 is 23.2 Å². The van der Waals surface area contributed by atoms with E-state index >= 15 is 0 Å². The minimum atomic E-state index is -0.667. The Kier molecular flexibility index (Phi) is 6.11. The van der Waals surface area contributed by atoms with Crippen LogP contribution in [0.25, 0.3) is 0 Å². The van der Waals surface area contributed by atoms with Crippen LogP contribution in [0.2, 0.25) is 10.0 Å². The van der Waals surface area contributed by atoms with Gasteiger partial charge in [-0.1, -0.05) is 35.3 Å². The summed E-state index contributed by atoms with van der Waals surface area (Å²) in [5.41, 5.74) is 0.772. The van der Waals surface area contributed by atoms with Gasteiger partial charge >= 0.3 is 0 Å². The third-order valence-corrected chi connectivity index (χ3v) is 4.51. The van der Waals surface area contributed by atoms with Gasteiger partial charge in [-0.2, -0.15) is 0 Å². The molecule has 0 fully saturated rings. The zero-order valence-electron chi connectivity index (χ0n) is 14.7. The van der Waals surface area contributed by atoms with Crippen molar-refractivity contribution in [3.05, 3.63) is 98.0 Å². The third-order valence-electron chi connectivity index (χ3n) is 3.93. The van der Waals surface area contributed by atoms with Gasteiger partial charge in [-0.15, -0.1) is 0 Å². The predicted molar refractivity (Wildman–Crippen MR) is 112 cm³/mol. The van der Waals surface area contributed by atoms with Crippen LogP contribution in [0.15, 0.2) is 66.7 Å². The molecule has 7 nitrogen and oxygen atoms in total. The first-order valence-corrected chi connectivity index (χ1v) is 9.02. The maximum atomic E-state index is 12.5. The topological polar surface area (TPSA) is 101 Å². The van der Waals surface area contributed by atoms with E-state index in [2.05, 4.69) is 10.6 Å². The maximum Gasteiger partial charge on any atom is 0.288 e. The van der Waals surface area contributed by atoms with Gasteiger partial charge in [0.2, 0.25) is 0 Å². The van der Waals surface area contributed by atoms with Crippen LogP contribution in [-0.4, -0.2) is 16.7 Å². The Balaban J connectivity index is 1.81. The van der Waals surface area contributed by atoms with Crippen molar-refractivity contribution in [3.63, 3.8) is 0 Å². The van der Waals surface area contributed by atoms with E-state index in [1.165, 1.54) is 12.1 Å². The number of anilines is 2. The smallest absolute Gasteiger partial charge is 0.288 e. The molecule has 9 heteroatoms. The lowest BCUT2D eigenvalue weighted by Gasteiger charge is -2.12. The molecule has 3 aromatic rings. The highest BCUT2D eigenvalue weighted by atomic mass is 35.5. The monoisotopic (exact) mass is 429 g/mol. The minimum Gasteiger partial charge on any atom is -0.320 e. The van der Waals surface area contributed by atoms with Crippen molar-refractivity contribution in [2.45, 2.75) is 0 Å². The molecule has 0 bridgehead atoms. The molecule has 2 amide bonds.